The van der Waals surface area contributed by atoms with Crippen molar-refractivity contribution in [2.24, 2.45) is 5.10 Å². The van der Waals surface area contributed by atoms with Gasteiger partial charge in [-0.3, -0.25) is 4.79 Å². The summed E-state index contributed by atoms with van der Waals surface area (Å²) < 4.78 is 2.26. The molecule has 0 unspecified atom stereocenters. The zero-order valence-electron chi connectivity index (χ0n) is 17.0. The molecule has 1 aromatic heterocycles. The number of hydrogen-bond donors (Lipinski definition) is 1. The van der Waals surface area contributed by atoms with Crippen molar-refractivity contribution in [3.8, 4) is 0 Å². The first-order valence-corrected chi connectivity index (χ1v) is 10.7. The molecule has 0 aliphatic rings. The number of carbonyl (C=O) groups excluding carboxylic acids is 1. The zero-order valence-corrected chi connectivity index (χ0v) is 18.5. The maximum Gasteiger partial charge on any atom is 0.244 e. The lowest BCUT2D eigenvalue weighted by Gasteiger charge is -2.09. The van der Waals surface area contributed by atoms with Gasteiger partial charge in [0, 0.05) is 23.1 Å². The second kappa shape index (κ2) is 9.38. The average Bonchev–Trinajstić information content (AvgIpc) is 3.03. The lowest BCUT2D eigenvalue weighted by molar-refractivity contribution is -0.120. The van der Waals surface area contributed by atoms with E-state index in [1.165, 1.54) is 5.56 Å². The van der Waals surface area contributed by atoms with Crippen molar-refractivity contribution in [1.82, 2.24) is 9.99 Å². The maximum absolute atomic E-state index is 12.6. The number of para-hydroxylation sites is 1. The van der Waals surface area contributed by atoms with Gasteiger partial charge in [0.15, 0.2) is 0 Å². The SMILES string of the molecule is Cc1c(CC(=O)NN=Cc2ccc(Cl)c(Cl)c2)c2ccccc2n1Cc1ccccc1. The average molecular weight is 450 g/mol. The molecule has 0 aliphatic heterocycles. The van der Waals surface area contributed by atoms with E-state index in [0.29, 0.717) is 10.0 Å². The Bertz CT molecular complexity index is 1260. The number of amides is 1. The summed E-state index contributed by atoms with van der Waals surface area (Å²) in [6.45, 7) is 2.81. The van der Waals surface area contributed by atoms with Crippen LogP contribution < -0.4 is 5.43 Å². The van der Waals surface area contributed by atoms with Gasteiger partial charge in [-0.05, 0) is 41.8 Å². The van der Waals surface area contributed by atoms with Crippen LogP contribution in [0.2, 0.25) is 10.0 Å². The fourth-order valence-corrected chi connectivity index (χ4v) is 3.97. The lowest BCUT2D eigenvalue weighted by atomic mass is 10.1. The maximum atomic E-state index is 12.6. The third-order valence-corrected chi connectivity index (χ3v) is 5.97. The number of carbonyl (C=O) groups is 1. The topological polar surface area (TPSA) is 46.4 Å². The van der Waals surface area contributed by atoms with Crippen molar-refractivity contribution in [3.05, 3.63) is 105 Å². The minimum atomic E-state index is -0.179. The molecule has 0 fully saturated rings. The van der Waals surface area contributed by atoms with Crippen LogP contribution in [0.1, 0.15) is 22.4 Å². The second-order valence-corrected chi connectivity index (χ2v) is 8.11. The minimum absolute atomic E-state index is 0.179. The van der Waals surface area contributed by atoms with Gasteiger partial charge >= 0.3 is 0 Å². The Morgan fingerprint density at radius 1 is 1.00 bits per heavy atom. The van der Waals surface area contributed by atoms with E-state index < -0.39 is 0 Å². The third kappa shape index (κ3) is 4.82. The van der Waals surface area contributed by atoms with Crippen LogP contribution in [-0.2, 0) is 17.8 Å². The van der Waals surface area contributed by atoms with Gasteiger partial charge in [-0.15, -0.1) is 0 Å². The first-order chi connectivity index (χ1) is 15.0. The van der Waals surface area contributed by atoms with E-state index in [1.54, 1.807) is 24.4 Å². The monoisotopic (exact) mass is 449 g/mol. The smallest absolute Gasteiger partial charge is 0.244 e. The number of aromatic nitrogens is 1. The molecule has 6 heteroatoms. The molecule has 4 aromatic rings. The molecule has 0 spiro atoms. The van der Waals surface area contributed by atoms with Crippen LogP contribution in [-0.4, -0.2) is 16.7 Å². The van der Waals surface area contributed by atoms with Gasteiger partial charge in [-0.2, -0.15) is 5.10 Å². The van der Waals surface area contributed by atoms with Crippen LogP contribution in [0.4, 0.5) is 0 Å². The molecule has 0 bridgehead atoms. The summed E-state index contributed by atoms with van der Waals surface area (Å²) in [5, 5.41) is 6.06. The van der Waals surface area contributed by atoms with Gasteiger partial charge in [0.25, 0.3) is 0 Å². The molecule has 0 saturated carbocycles. The molecule has 1 N–H and O–H groups in total. The van der Waals surface area contributed by atoms with Crippen molar-refractivity contribution < 1.29 is 4.79 Å². The molecular weight excluding hydrogens is 429 g/mol. The van der Waals surface area contributed by atoms with Gasteiger partial charge in [0.2, 0.25) is 5.91 Å². The Morgan fingerprint density at radius 3 is 2.52 bits per heavy atom. The number of rotatable bonds is 6. The first kappa shape index (κ1) is 21.2. The van der Waals surface area contributed by atoms with Crippen molar-refractivity contribution in [1.29, 1.82) is 0 Å². The van der Waals surface area contributed by atoms with Gasteiger partial charge < -0.3 is 4.57 Å². The quantitative estimate of drug-likeness (QED) is 0.284. The molecule has 4 nitrogen and oxygen atoms in total. The summed E-state index contributed by atoms with van der Waals surface area (Å²) in [5.74, 6) is -0.179. The third-order valence-electron chi connectivity index (χ3n) is 5.23. The molecule has 1 amide bonds. The normalized spacial score (nSPS) is 11.3. The number of benzene rings is 3. The molecule has 4 rings (SSSR count). The summed E-state index contributed by atoms with van der Waals surface area (Å²) in [5.41, 5.74) is 7.78. The van der Waals surface area contributed by atoms with E-state index >= 15 is 0 Å². The molecule has 3 aromatic carbocycles. The Balaban J connectivity index is 1.54. The number of nitrogens with zero attached hydrogens (tertiary/aromatic N) is 2. The van der Waals surface area contributed by atoms with Crippen LogP contribution in [0.25, 0.3) is 10.9 Å². The van der Waals surface area contributed by atoms with E-state index in [2.05, 4.69) is 46.3 Å². The highest BCUT2D eigenvalue weighted by molar-refractivity contribution is 6.42. The molecule has 0 radical (unpaired) electrons. The first-order valence-electron chi connectivity index (χ1n) is 9.90. The summed E-state index contributed by atoms with van der Waals surface area (Å²) in [7, 11) is 0. The number of nitrogens with one attached hydrogen (secondary N) is 1. The van der Waals surface area contributed by atoms with Crippen LogP contribution in [0.15, 0.2) is 77.9 Å². The number of hydrazone groups is 1. The van der Waals surface area contributed by atoms with Gasteiger partial charge in [0.05, 0.1) is 22.7 Å². The molecule has 156 valence electrons. The number of fused-ring (bicyclic) bond motifs is 1. The fourth-order valence-electron chi connectivity index (χ4n) is 3.67. The van der Waals surface area contributed by atoms with Crippen molar-refractivity contribution in [3.63, 3.8) is 0 Å². The predicted octanol–water partition coefficient (Wildman–Crippen LogP) is 6.00. The zero-order chi connectivity index (χ0) is 21.8. The summed E-state index contributed by atoms with van der Waals surface area (Å²) in [6.07, 6.45) is 1.79. The molecule has 0 saturated heterocycles. The van der Waals surface area contributed by atoms with E-state index in [1.807, 2.05) is 30.3 Å². The summed E-state index contributed by atoms with van der Waals surface area (Å²) >= 11 is 11.9. The van der Waals surface area contributed by atoms with Gasteiger partial charge in [0.1, 0.15) is 0 Å². The van der Waals surface area contributed by atoms with Crippen LogP contribution in [0, 0.1) is 6.92 Å². The van der Waals surface area contributed by atoms with Gasteiger partial charge in [-0.25, -0.2) is 5.43 Å². The summed E-state index contributed by atoms with van der Waals surface area (Å²) in [4.78, 5) is 12.6. The highest BCUT2D eigenvalue weighted by Crippen LogP contribution is 2.27. The van der Waals surface area contributed by atoms with E-state index in [4.69, 9.17) is 23.2 Å². The number of halogens is 2. The van der Waals surface area contributed by atoms with Crippen molar-refractivity contribution >= 4 is 46.2 Å². The molecule has 0 aliphatic carbocycles. The van der Waals surface area contributed by atoms with Crippen molar-refractivity contribution in [2.45, 2.75) is 19.9 Å². The molecule has 1 heterocycles. The lowest BCUT2D eigenvalue weighted by Crippen LogP contribution is -2.20. The van der Waals surface area contributed by atoms with Crippen molar-refractivity contribution in [2.75, 3.05) is 0 Å². The van der Waals surface area contributed by atoms with E-state index in [9.17, 15) is 4.79 Å². The largest absolute Gasteiger partial charge is 0.340 e. The van der Waals surface area contributed by atoms with Crippen LogP contribution in [0.3, 0.4) is 0 Å². The highest BCUT2D eigenvalue weighted by Gasteiger charge is 2.16. The summed E-state index contributed by atoms with van der Waals surface area (Å²) in [6, 6.07) is 23.7. The Hall–Kier alpha value is -3.08. The Kier molecular flexibility index (Phi) is 6.40. The van der Waals surface area contributed by atoms with E-state index in [0.717, 1.165) is 34.3 Å². The minimum Gasteiger partial charge on any atom is -0.340 e. The fraction of sp³-hybridized carbons (Fsp3) is 0.120. The van der Waals surface area contributed by atoms with Crippen LogP contribution in [0.5, 0.6) is 0 Å². The second-order valence-electron chi connectivity index (χ2n) is 7.30. The predicted molar refractivity (Wildman–Crippen MR) is 128 cm³/mol. The highest BCUT2D eigenvalue weighted by atomic mass is 35.5. The van der Waals surface area contributed by atoms with Gasteiger partial charge in [-0.1, -0.05) is 77.8 Å². The standard InChI is InChI=1S/C25H21Cl2N3O/c1-17-21(14-25(31)29-28-15-19-11-12-22(26)23(27)13-19)20-9-5-6-10-24(20)30(17)16-18-7-3-2-4-8-18/h2-13,15H,14,16H2,1H3,(H,29,31). The Labute approximate surface area is 191 Å². The Morgan fingerprint density at radius 2 is 1.74 bits per heavy atom. The molecular formula is C25H21Cl2N3O. The molecule has 31 heavy (non-hydrogen) atoms. The molecule has 0 atom stereocenters. The number of hydrogen-bond acceptors (Lipinski definition) is 2. The van der Waals surface area contributed by atoms with Crippen LogP contribution >= 0.6 is 23.2 Å². The van der Waals surface area contributed by atoms with E-state index in [-0.39, 0.29) is 12.3 Å².